The van der Waals surface area contributed by atoms with E-state index in [-0.39, 0.29) is 0 Å². The van der Waals surface area contributed by atoms with Crippen LogP contribution in [0.1, 0.15) is 46.5 Å². The first-order valence-electron chi connectivity index (χ1n) is 8.25. The predicted molar refractivity (Wildman–Crippen MR) is 88.0 cm³/mol. The third-order valence-electron chi connectivity index (χ3n) is 3.77. The molecule has 1 fully saturated rings. The van der Waals surface area contributed by atoms with Gasteiger partial charge in [0.2, 0.25) is 17.8 Å². The molecule has 6 heteroatoms. The third-order valence-corrected chi connectivity index (χ3v) is 3.77. The molecule has 1 aromatic rings. The Kier molecular flexibility index (Phi) is 6.02. The highest BCUT2D eigenvalue weighted by molar-refractivity contribution is 5.43. The molecule has 0 saturated heterocycles. The largest absolute Gasteiger partial charge is 0.354 e. The zero-order valence-corrected chi connectivity index (χ0v) is 13.5. The summed E-state index contributed by atoms with van der Waals surface area (Å²) in [6.07, 6.45) is 5.35. The molecule has 118 valence electrons. The summed E-state index contributed by atoms with van der Waals surface area (Å²) in [6.45, 7) is 9.81. The molecule has 2 rings (SSSR count). The van der Waals surface area contributed by atoms with E-state index < -0.39 is 0 Å². The topological polar surface area (TPSA) is 66.0 Å². The second kappa shape index (κ2) is 8.00. The number of aromatic nitrogens is 3. The van der Waals surface area contributed by atoms with Gasteiger partial charge in [0.25, 0.3) is 0 Å². The van der Waals surface area contributed by atoms with Gasteiger partial charge in [-0.15, -0.1) is 0 Å². The zero-order valence-electron chi connectivity index (χ0n) is 13.5. The highest BCUT2D eigenvalue weighted by atomic mass is 15.3. The van der Waals surface area contributed by atoms with Gasteiger partial charge in [-0.3, -0.25) is 0 Å². The smallest absolute Gasteiger partial charge is 0.231 e. The lowest BCUT2D eigenvalue weighted by molar-refractivity contribution is 0.684. The van der Waals surface area contributed by atoms with Gasteiger partial charge in [0.05, 0.1) is 0 Å². The second-order valence-electron chi connectivity index (χ2n) is 5.50. The van der Waals surface area contributed by atoms with Crippen molar-refractivity contribution < 1.29 is 0 Å². The maximum atomic E-state index is 4.54. The molecule has 0 aromatic carbocycles. The van der Waals surface area contributed by atoms with E-state index in [1.54, 1.807) is 0 Å². The Balaban J connectivity index is 1.98. The lowest BCUT2D eigenvalue weighted by Gasteiger charge is -2.19. The minimum Gasteiger partial charge on any atom is -0.354 e. The first kappa shape index (κ1) is 15.8. The molecule has 0 spiro atoms. The Bertz CT molecular complexity index is 428. The molecular formula is C15H28N6. The Hall–Kier alpha value is -1.59. The van der Waals surface area contributed by atoms with Crippen molar-refractivity contribution in [3.05, 3.63) is 0 Å². The fourth-order valence-corrected chi connectivity index (χ4v) is 2.33. The molecule has 2 N–H and O–H groups in total. The number of nitrogens with one attached hydrogen (secondary N) is 2. The van der Waals surface area contributed by atoms with Crippen molar-refractivity contribution in [3.63, 3.8) is 0 Å². The highest BCUT2D eigenvalue weighted by Crippen LogP contribution is 2.33. The van der Waals surface area contributed by atoms with Crippen LogP contribution in [0.3, 0.4) is 0 Å². The summed E-state index contributed by atoms with van der Waals surface area (Å²) in [5.41, 5.74) is 0. The van der Waals surface area contributed by atoms with Crippen LogP contribution in [0.4, 0.5) is 17.8 Å². The van der Waals surface area contributed by atoms with Gasteiger partial charge in [0, 0.05) is 26.2 Å². The molecule has 0 atom stereocenters. The van der Waals surface area contributed by atoms with Gasteiger partial charge < -0.3 is 15.5 Å². The quantitative estimate of drug-likeness (QED) is 0.646. The maximum absolute atomic E-state index is 4.54. The van der Waals surface area contributed by atoms with E-state index in [1.165, 1.54) is 25.7 Å². The van der Waals surface area contributed by atoms with Crippen LogP contribution in [0.15, 0.2) is 0 Å². The Morgan fingerprint density at radius 2 is 1.67 bits per heavy atom. The highest BCUT2D eigenvalue weighted by Gasteiger charge is 2.20. The van der Waals surface area contributed by atoms with E-state index in [9.17, 15) is 0 Å². The van der Waals surface area contributed by atoms with Gasteiger partial charge in [-0.1, -0.05) is 12.8 Å². The Labute approximate surface area is 127 Å². The molecule has 1 saturated carbocycles. The van der Waals surface area contributed by atoms with Crippen molar-refractivity contribution in [2.45, 2.75) is 46.5 Å². The van der Waals surface area contributed by atoms with Crippen LogP contribution in [0.2, 0.25) is 0 Å². The van der Waals surface area contributed by atoms with Crippen LogP contribution >= 0.6 is 0 Å². The van der Waals surface area contributed by atoms with Crippen LogP contribution in [-0.4, -0.2) is 41.1 Å². The molecule has 1 aliphatic carbocycles. The normalized spacial score (nSPS) is 14.0. The molecule has 6 nitrogen and oxygen atoms in total. The van der Waals surface area contributed by atoms with Crippen molar-refractivity contribution in [2.24, 2.45) is 5.92 Å². The summed E-state index contributed by atoms with van der Waals surface area (Å²) in [4.78, 5) is 15.6. The van der Waals surface area contributed by atoms with E-state index in [2.05, 4.69) is 44.3 Å². The minimum atomic E-state index is 0.652. The summed E-state index contributed by atoms with van der Waals surface area (Å²) in [5.74, 6) is 3.06. The van der Waals surface area contributed by atoms with E-state index in [0.29, 0.717) is 11.9 Å². The summed E-state index contributed by atoms with van der Waals surface area (Å²) in [6, 6.07) is 0. The standard InChI is InChI=1S/C15H28N6/c1-4-16-13-18-14(17-11-7-8-12-9-10-12)20-15(19-13)21(5-2)6-3/h12H,4-11H2,1-3H3,(H2,16,17,18,19,20). The SMILES string of the molecule is CCNc1nc(NCCCC2CC2)nc(N(CC)CC)n1. The van der Waals surface area contributed by atoms with Gasteiger partial charge in [-0.05, 0) is 39.5 Å². The minimum absolute atomic E-state index is 0.652. The molecular weight excluding hydrogens is 264 g/mol. The van der Waals surface area contributed by atoms with Crippen molar-refractivity contribution in [3.8, 4) is 0 Å². The van der Waals surface area contributed by atoms with Gasteiger partial charge in [0.1, 0.15) is 0 Å². The van der Waals surface area contributed by atoms with E-state index in [4.69, 9.17) is 0 Å². The number of anilines is 3. The van der Waals surface area contributed by atoms with Crippen LogP contribution < -0.4 is 15.5 Å². The van der Waals surface area contributed by atoms with Crippen molar-refractivity contribution in [2.75, 3.05) is 41.7 Å². The lowest BCUT2D eigenvalue weighted by atomic mass is 10.2. The number of rotatable bonds is 10. The number of nitrogens with zero attached hydrogens (tertiary/aromatic N) is 4. The van der Waals surface area contributed by atoms with E-state index >= 15 is 0 Å². The van der Waals surface area contributed by atoms with Crippen molar-refractivity contribution in [1.82, 2.24) is 15.0 Å². The molecule has 0 aliphatic heterocycles. The summed E-state index contributed by atoms with van der Waals surface area (Å²) in [7, 11) is 0. The van der Waals surface area contributed by atoms with Gasteiger partial charge >= 0.3 is 0 Å². The van der Waals surface area contributed by atoms with Crippen LogP contribution in [0.5, 0.6) is 0 Å². The molecule has 1 aliphatic rings. The third kappa shape index (κ3) is 5.02. The monoisotopic (exact) mass is 292 g/mol. The maximum Gasteiger partial charge on any atom is 0.231 e. The molecule has 21 heavy (non-hydrogen) atoms. The fourth-order valence-electron chi connectivity index (χ4n) is 2.33. The predicted octanol–water partition coefficient (Wildman–Crippen LogP) is 2.75. The van der Waals surface area contributed by atoms with Crippen LogP contribution in [0.25, 0.3) is 0 Å². The molecule has 1 heterocycles. The van der Waals surface area contributed by atoms with E-state index in [1.807, 2.05) is 6.92 Å². The van der Waals surface area contributed by atoms with Crippen molar-refractivity contribution in [1.29, 1.82) is 0 Å². The molecule has 0 unspecified atom stereocenters. The number of hydrogen-bond donors (Lipinski definition) is 2. The zero-order chi connectivity index (χ0) is 15.1. The first-order chi connectivity index (χ1) is 10.3. The summed E-state index contributed by atoms with van der Waals surface area (Å²) < 4.78 is 0. The average Bonchev–Trinajstić information content (AvgIpc) is 3.29. The lowest BCUT2D eigenvalue weighted by Crippen LogP contribution is -2.25. The number of hydrogen-bond acceptors (Lipinski definition) is 6. The fraction of sp³-hybridized carbons (Fsp3) is 0.800. The Morgan fingerprint density at radius 3 is 2.24 bits per heavy atom. The molecule has 1 aromatic heterocycles. The molecule has 0 radical (unpaired) electrons. The average molecular weight is 292 g/mol. The van der Waals surface area contributed by atoms with Crippen LogP contribution in [-0.2, 0) is 0 Å². The van der Waals surface area contributed by atoms with Gasteiger partial charge in [-0.2, -0.15) is 15.0 Å². The van der Waals surface area contributed by atoms with Gasteiger partial charge in [-0.25, -0.2) is 0 Å². The summed E-state index contributed by atoms with van der Waals surface area (Å²) >= 11 is 0. The van der Waals surface area contributed by atoms with Gasteiger partial charge in [0.15, 0.2) is 0 Å². The second-order valence-corrected chi connectivity index (χ2v) is 5.50. The molecule has 0 bridgehead atoms. The van der Waals surface area contributed by atoms with E-state index in [0.717, 1.165) is 38.0 Å². The Morgan fingerprint density at radius 1 is 1.00 bits per heavy atom. The molecule has 0 amide bonds. The first-order valence-corrected chi connectivity index (χ1v) is 8.25. The summed E-state index contributed by atoms with van der Waals surface area (Å²) in [5, 5.41) is 6.52. The van der Waals surface area contributed by atoms with Crippen LogP contribution in [0, 0.1) is 5.92 Å². The van der Waals surface area contributed by atoms with Crippen molar-refractivity contribution >= 4 is 17.8 Å².